The summed E-state index contributed by atoms with van der Waals surface area (Å²) in [7, 11) is 1.98. The van der Waals surface area contributed by atoms with Gasteiger partial charge in [-0.1, -0.05) is 13.0 Å². The molecule has 4 nitrogen and oxygen atoms in total. The molecule has 2 aromatic heterocycles. The van der Waals surface area contributed by atoms with Gasteiger partial charge in [-0.15, -0.1) is 0 Å². The van der Waals surface area contributed by atoms with Gasteiger partial charge < -0.3 is 5.32 Å². The Morgan fingerprint density at radius 2 is 2.10 bits per heavy atom. The van der Waals surface area contributed by atoms with E-state index in [2.05, 4.69) is 48.3 Å². The smallest absolute Gasteiger partial charge is 0.0644 e. The Morgan fingerprint density at radius 3 is 2.70 bits per heavy atom. The van der Waals surface area contributed by atoms with E-state index in [1.807, 2.05) is 30.2 Å². The van der Waals surface area contributed by atoms with Crippen LogP contribution in [0, 0.1) is 0 Å². The molecule has 0 saturated heterocycles. The van der Waals surface area contributed by atoms with Crippen LogP contribution in [0.3, 0.4) is 0 Å². The second-order valence-electron chi connectivity index (χ2n) is 5.33. The van der Waals surface area contributed by atoms with Gasteiger partial charge in [0.05, 0.1) is 17.4 Å². The molecule has 0 aliphatic heterocycles. The number of nitrogens with zero attached hydrogens (tertiary/aromatic N) is 3. The van der Waals surface area contributed by atoms with Gasteiger partial charge in [0.2, 0.25) is 0 Å². The lowest BCUT2D eigenvalue weighted by molar-refractivity contribution is 0.511. The van der Waals surface area contributed by atoms with Crippen LogP contribution in [0.2, 0.25) is 0 Å². The minimum Gasteiger partial charge on any atom is -0.311 e. The van der Waals surface area contributed by atoms with Gasteiger partial charge in [-0.05, 0) is 45.0 Å². The molecular weight excluding hydrogens is 248 g/mol. The second kappa shape index (κ2) is 6.66. The highest BCUT2D eigenvalue weighted by Gasteiger charge is 2.16. The molecule has 0 aliphatic rings. The first kappa shape index (κ1) is 14.7. The van der Waals surface area contributed by atoms with E-state index in [-0.39, 0.29) is 6.04 Å². The number of hydrogen-bond donors (Lipinski definition) is 1. The molecule has 0 fully saturated rings. The van der Waals surface area contributed by atoms with Gasteiger partial charge in [0.15, 0.2) is 0 Å². The number of likely N-dealkylation sites (N-methyl/N-ethyl adjacent to an activating group) is 1. The van der Waals surface area contributed by atoms with Crippen molar-refractivity contribution in [2.24, 2.45) is 0 Å². The fourth-order valence-electron chi connectivity index (χ4n) is 2.38. The molecule has 0 aliphatic carbocycles. The van der Waals surface area contributed by atoms with Gasteiger partial charge >= 0.3 is 0 Å². The summed E-state index contributed by atoms with van der Waals surface area (Å²) in [6.45, 7) is 6.45. The summed E-state index contributed by atoms with van der Waals surface area (Å²) in [5, 5.41) is 8.00. The van der Waals surface area contributed by atoms with Crippen LogP contribution in [0.4, 0.5) is 0 Å². The molecule has 0 radical (unpaired) electrons. The van der Waals surface area contributed by atoms with Crippen LogP contribution in [0.1, 0.15) is 49.8 Å². The van der Waals surface area contributed by atoms with Crippen LogP contribution < -0.4 is 5.32 Å². The predicted octanol–water partition coefficient (Wildman–Crippen LogP) is 2.92. The Morgan fingerprint density at radius 1 is 1.30 bits per heavy atom. The van der Waals surface area contributed by atoms with Crippen molar-refractivity contribution >= 4 is 0 Å². The third kappa shape index (κ3) is 3.25. The SMILES string of the molecule is CCc1cccnc1C(Cc1ccn(C(C)C)n1)NC. The quantitative estimate of drug-likeness (QED) is 0.879. The number of nitrogens with one attached hydrogen (secondary N) is 1. The van der Waals surface area contributed by atoms with Crippen LogP contribution in [-0.4, -0.2) is 21.8 Å². The highest BCUT2D eigenvalue weighted by atomic mass is 15.3. The summed E-state index contributed by atoms with van der Waals surface area (Å²) in [6.07, 6.45) is 5.78. The monoisotopic (exact) mass is 272 g/mol. The van der Waals surface area contributed by atoms with Crippen LogP contribution >= 0.6 is 0 Å². The lowest BCUT2D eigenvalue weighted by Gasteiger charge is -2.17. The van der Waals surface area contributed by atoms with Crippen molar-refractivity contribution in [3.05, 3.63) is 47.5 Å². The van der Waals surface area contributed by atoms with Crippen molar-refractivity contribution < 1.29 is 0 Å². The lowest BCUT2D eigenvalue weighted by atomic mass is 10.0. The van der Waals surface area contributed by atoms with Gasteiger partial charge in [-0.3, -0.25) is 9.67 Å². The number of rotatable bonds is 6. The van der Waals surface area contributed by atoms with Gasteiger partial charge in [0.25, 0.3) is 0 Å². The summed E-state index contributed by atoms with van der Waals surface area (Å²) in [4.78, 5) is 4.56. The van der Waals surface area contributed by atoms with Crippen LogP contribution in [-0.2, 0) is 12.8 Å². The van der Waals surface area contributed by atoms with Gasteiger partial charge in [0, 0.05) is 24.9 Å². The van der Waals surface area contributed by atoms with Gasteiger partial charge in [-0.2, -0.15) is 5.10 Å². The predicted molar refractivity (Wildman–Crippen MR) is 81.7 cm³/mol. The molecule has 1 atom stereocenters. The standard InChI is InChI=1S/C16H24N4/c1-5-13-7-6-9-18-16(13)15(17-4)11-14-8-10-20(19-14)12(2)3/h6-10,12,15,17H,5,11H2,1-4H3. The number of pyridine rings is 1. The third-order valence-electron chi connectivity index (χ3n) is 3.59. The fourth-order valence-corrected chi connectivity index (χ4v) is 2.38. The van der Waals surface area contributed by atoms with Crippen molar-refractivity contribution in [3.8, 4) is 0 Å². The summed E-state index contributed by atoms with van der Waals surface area (Å²) in [6, 6.07) is 6.86. The van der Waals surface area contributed by atoms with Gasteiger partial charge in [0.1, 0.15) is 0 Å². The minimum atomic E-state index is 0.210. The van der Waals surface area contributed by atoms with E-state index in [1.165, 1.54) is 5.56 Å². The molecule has 1 unspecified atom stereocenters. The molecule has 20 heavy (non-hydrogen) atoms. The lowest BCUT2D eigenvalue weighted by Crippen LogP contribution is -2.22. The van der Waals surface area contributed by atoms with Gasteiger partial charge in [-0.25, -0.2) is 0 Å². The number of hydrogen-bond acceptors (Lipinski definition) is 3. The van der Waals surface area contributed by atoms with Crippen LogP contribution in [0.15, 0.2) is 30.6 Å². The first-order valence-corrected chi connectivity index (χ1v) is 7.30. The molecule has 0 bridgehead atoms. The zero-order chi connectivity index (χ0) is 14.5. The van der Waals surface area contributed by atoms with E-state index in [1.54, 1.807) is 0 Å². The largest absolute Gasteiger partial charge is 0.311 e. The van der Waals surface area contributed by atoms with E-state index in [0.29, 0.717) is 6.04 Å². The van der Waals surface area contributed by atoms with Crippen LogP contribution in [0.25, 0.3) is 0 Å². The van der Waals surface area contributed by atoms with E-state index in [0.717, 1.165) is 24.2 Å². The van der Waals surface area contributed by atoms with Crippen molar-refractivity contribution in [1.82, 2.24) is 20.1 Å². The Balaban J connectivity index is 2.19. The maximum atomic E-state index is 4.63. The Kier molecular flexibility index (Phi) is 4.90. The number of aromatic nitrogens is 3. The maximum Gasteiger partial charge on any atom is 0.0644 e. The summed E-state index contributed by atoms with van der Waals surface area (Å²) in [5.41, 5.74) is 3.54. The number of aryl methyl sites for hydroxylation is 1. The Labute approximate surface area is 121 Å². The van der Waals surface area contributed by atoms with E-state index >= 15 is 0 Å². The summed E-state index contributed by atoms with van der Waals surface area (Å²) < 4.78 is 2.00. The highest BCUT2D eigenvalue weighted by molar-refractivity contribution is 5.24. The molecule has 2 heterocycles. The minimum absolute atomic E-state index is 0.210. The molecule has 2 aromatic rings. The topological polar surface area (TPSA) is 42.7 Å². The fraction of sp³-hybridized carbons (Fsp3) is 0.500. The normalized spacial score (nSPS) is 12.8. The zero-order valence-electron chi connectivity index (χ0n) is 12.8. The average Bonchev–Trinajstić information content (AvgIpc) is 2.93. The summed E-state index contributed by atoms with van der Waals surface area (Å²) in [5.74, 6) is 0. The van der Waals surface area contributed by atoms with Crippen molar-refractivity contribution in [1.29, 1.82) is 0 Å². The molecule has 0 amide bonds. The molecule has 4 heteroatoms. The molecule has 1 N–H and O–H groups in total. The van der Waals surface area contributed by atoms with Crippen molar-refractivity contribution in [3.63, 3.8) is 0 Å². The third-order valence-corrected chi connectivity index (χ3v) is 3.59. The molecule has 0 saturated carbocycles. The summed E-state index contributed by atoms with van der Waals surface area (Å²) >= 11 is 0. The van der Waals surface area contributed by atoms with E-state index < -0.39 is 0 Å². The van der Waals surface area contributed by atoms with Crippen molar-refractivity contribution in [2.75, 3.05) is 7.05 Å². The molecule has 0 spiro atoms. The Bertz CT molecular complexity index is 545. The van der Waals surface area contributed by atoms with Crippen LogP contribution in [0.5, 0.6) is 0 Å². The zero-order valence-corrected chi connectivity index (χ0v) is 12.8. The first-order chi connectivity index (χ1) is 9.65. The van der Waals surface area contributed by atoms with Crippen molar-refractivity contribution in [2.45, 2.75) is 45.7 Å². The molecule has 2 rings (SSSR count). The Hall–Kier alpha value is -1.68. The molecule has 0 aromatic carbocycles. The molecule has 108 valence electrons. The average molecular weight is 272 g/mol. The second-order valence-corrected chi connectivity index (χ2v) is 5.33. The van der Waals surface area contributed by atoms with E-state index in [9.17, 15) is 0 Å². The maximum absolute atomic E-state index is 4.63. The first-order valence-electron chi connectivity index (χ1n) is 7.30. The van der Waals surface area contributed by atoms with E-state index in [4.69, 9.17) is 0 Å². The molecular formula is C16H24N4. The highest BCUT2D eigenvalue weighted by Crippen LogP contribution is 2.20.